The Morgan fingerprint density at radius 2 is 1.92 bits per heavy atom. The van der Waals surface area contributed by atoms with Gasteiger partial charge in [0.15, 0.2) is 0 Å². The van der Waals surface area contributed by atoms with Gasteiger partial charge in [0.25, 0.3) is 0 Å². The van der Waals surface area contributed by atoms with E-state index in [-0.39, 0.29) is 6.04 Å². The monoisotopic (exact) mass is 512 g/mol. The molecule has 0 bridgehead atoms. The highest BCUT2D eigenvalue weighted by molar-refractivity contribution is 5.66. The molecule has 204 valence electrons. The van der Waals surface area contributed by atoms with E-state index in [0.717, 1.165) is 61.3 Å². The number of nitrogens with one attached hydrogen (secondary N) is 1. The summed E-state index contributed by atoms with van der Waals surface area (Å²) in [7, 11) is 2.15. The van der Waals surface area contributed by atoms with Crippen molar-refractivity contribution in [2.45, 2.75) is 88.9 Å². The van der Waals surface area contributed by atoms with Crippen molar-refractivity contribution in [3.63, 3.8) is 0 Å². The first-order valence-corrected chi connectivity index (χ1v) is 14.8. The Morgan fingerprint density at radius 1 is 1.05 bits per heavy atom. The lowest BCUT2D eigenvalue weighted by Crippen LogP contribution is -2.50. The van der Waals surface area contributed by atoms with Crippen LogP contribution in [0.25, 0.3) is 0 Å². The number of fused-ring (bicyclic) bond motifs is 2. The summed E-state index contributed by atoms with van der Waals surface area (Å²) >= 11 is 0. The second-order valence-corrected chi connectivity index (χ2v) is 12.0. The maximum atomic E-state index is 12.1. The molecule has 3 aliphatic heterocycles. The summed E-state index contributed by atoms with van der Waals surface area (Å²) in [5.74, 6) is 1.72. The van der Waals surface area contributed by atoms with E-state index in [2.05, 4.69) is 22.2 Å². The minimum absolute atomic E-state index is 0.302. The van der Waals surface area contributed by atoms with Crippen molar-refractivity contribution in [1.29, 1.82) is 0 Å². The van der Waals surface area contributed by atoms with Crippen LogP contribution >= 0.6 is 0 Å². The molecule has 4 unspecified atom stereocenters. The van der Waals surface area contributed by atoms with Crippen LogP contribution in [0.2, 0.25) is 0 Å². The van der Waals surface area contributed by atoms with Crippen molar-refractivity contribution in [3.05, 3.63) is 17.0 Å². The van der Waals surface area contributed by atoms with Crippen LogP contribution in [0.1, 0.15) is 80.8 Å². The van der Waals surface area contributed by atoms with Crippen LogP contribution in [0, 0.1) is 11.8 Å². The Morgan fingerprint density at radius 3 is 2.76 bits per heavy atom. The largest absolute Gasteiger partial charge is 0.465 e. The van der Waals surface area contributed by atoms with Crippen molar-refractivity contribution in [1.82, 2.24) is 30.0 Å². The highest BCUT2D eigenvalue weighted by atomic mass is 16.5. The third kappa shape index (κ3) is 5.19. The van der Waals surface area contributed by atoms with Gasteiger partial charge >= 0.3 is 12.1 Å². The number of likely N-dealkylation sites (tertiary alicyclic amines) is 1. The van der Waals surface area contributed by atoms with E-state index in [1.54, 1.807) is 4.90 Å². The number of carboxylic acid groups (broad SMARTS) is 1. The number of likely N-dealkylation sites (N-methyl/N-ethyl adjacent to an activating group) is 1. The van der Waals surface area contributed by atoms with Gasteiger partial charge in [-0.15, -0.1) is 0 Å². The van der Waals surface area contributed by atoms with Crippen molar-refractivity contribution in [2.75, 3.05) is 46.4 Å². The number of hydrogen-bond acceptors (Lipinski definition) is 7. The van der Waals surface area contributed by atoms with Crippen LogP contribution in [0.15, 0.2) is 0 Å². The summed E-state index contributed by atoms with van der Waals surface area (Å²) in [4.78, 5) is 28.6. The molecular weight excluding hydrogens is 468 g/mol. The predicted octanol–water partition coefficient (Wildman–Crippen LogP) is 3.29. The number of aromatic nitrogens is 2. The van der Waals surface area contributed by atoms with Crippen molar-refractivity contribution < 1.29 is 14.6 Å². The van der Waals surface area contributed by atoms with Crippen LogP contribution in [-0.2, 0) is 13.0 Å². The molecule has 5 atom stereocenters. The smallest absolute Gasteiger partial charge is 0.407 e. The first kappa shape index (κ1) is 25.3. The topological polar surface area (TPSA) is 94.1 Å². The third-order valence-electron chi connectivity index (χ3n) is 9.99. The molecular formula is C28H44N6O3. The molecule has 37 heavy (non-hydrogen) atoms. The predicted molar refractivity (Wildman–Crippen MR) is 141 cm³/mol. The van der Waals surface area contributed by atoms with Crippen LogP contribution < -0.4 is 10.1 Å². The molecule has 1 aromatic rings. The van der Waals surface area contributed by atoms with Gasteiger partial charge in [-0.3, -0.25) is 9.80 Å². The lowest BCUT2D eigenvalue weighted by Gasteiger charge is -2.47. The highest BCUT2D eigenvalue weighted by Crippen LogP contribution is 2.44. The summed E-state index contributed by atoms with van der Waals surface area (Å²) in [5.41, 5.74) is 3.06. The highest BCUT2D eigenvalue weighted by Gasteiger charge is 2.40. The van der Waals surface area contributed by atoms with E-state index in [1.807, 2.05) is 0 Å². The molecule has 5 aliphatic rings. The van der Waals surface area contributed by atoms with E-state index in [4.69, 9.17) is 14.7 Å². The minimum Gasteiger partial charge on any atom is -0.465 e. The number of nitrogens with zero attached hydrogens (tertiary/aromatic N) is 5. The zero-order chi connectivity index (χ0) is 25.4. The molecule has 0 aromatic carbocycles. The number of rotatable bonds is 5. The second kappa shape index (κ2) is 11.0. The summed E-state index contributed by atoms with van der Waals surface area (Å²) in [6.45, 7) is 5.24. The second-order valence-electron chi connectivity index (χ2n) is 12.0. The van der Waals surface area contributed by atoms with Gasteiger partial charge in [-0.05, 0) is 57.5 Å². The average molecular weight is 513 g/mol. The normalized spacial score (nSPS) is 33.1. The van der Waals surface area contributed by atoms with Crippen molar-refractivity contribution in [3.8, 4) is 6.01 Å². The zero-order valence-electron chi connectivity index (χ0n) is 22.4. The molecule has 9 heteroatoms. The minimum atomic E-state index is -0.878. The van der Waals surface area contributed by atoms with Crippen LogP contribution in [0.5, 0.6) is 6.01 Å². The Balaban J connectivity index is 1.29. The fourth-order valence-corrected chi connectivity index (χ4v) is 7.98. The first-order valence-electron chi connectivity index (χ1n) is 14.8. The number of hydrogen-bond donors (Lipinski definition) is 2. The van der Waals surface area contributed by atoms with Gasteiger partial charge in [-0.2, -0.15) is 9.97 Å². The molecule has 0 spiro atoms. The van der Waals surface area contributed by atoms with E-state index >= 15 is 0 Å². The molecule has 0 radical (unpaired) electrons. The molecule has 2 saturated heterocycles. The Hall–Kier alpha value is -1.97. The number of amides is 1. The molecule has 2 saturated carbocycles. The molecule has 9 nitrogen and oxygen atoms in total. The Kier molecular flexibility index (Phi) is 7.54. The third-order valence-corrected chi connectivity index (χ3v) is 9.99. The maximum Gasteiger partial charge on any atom is 0.407 e. The van der Waals surface area contributed by atoms with Gasteiger partial charge < -0.3 is 20.1 Å². The molecule has 2 N–H and O–H groups in total. The van der Waals surface area contributed by atoms with Gasteiger partial charge in [0.2, 0.25) is 0 Å². The zero-order valence-corrected chi connectivity index (χ0v) is 22.4. The molecule has 2 aliphatic carbocycles. The summed E-state index contributed by atoms with van der Waals surface area (Å²) < 4.78 is 6.25. The Labute approximate surface area is 220 Å². The fraction of sp³-hybridized carbons (Fsp3) is 0.821. The van der Waals surface area contributed by atoms with E-state index < -0.39 is 6.09 Å². The van der Waals surface area contributed by atoms with Crippen LogP contribution in [0.3, 0.4) is 0 Å². The van der Waals surface area contributed by atoms with Gasteiger partial charge in [-0.25, -0.2) is 4.79 Å². The summed E-state index contributed by atoms with van der Waals surface area (Å²) in [6, 6.07) is 1.15. The standard InChI is InChI=1S/C28H44N6O3/c1-32-13-5-8-20(32)18-37-27-30-23-17-33(24-10-4-7-19-6-2-3-9-21(19)24)14-11-22(23)26(31-27)25-16-29-12-15-34(25)28(35)36/h19-21,24-25,29H,2-18H2,1H3,(H,35,36)/t19?,20-,21?,24?,25?/m0/s1. The molecule has 4 heterocycles. The van der Waals surface area contributed by atoms with Crippen molar-refractivity contribution >= 4 is 6.09 Å². The SMILES string of the molecule is CN1CCC[C@H]1COc1nc2c(c(C3CNCCN3C(=O)O)n1)CCN(C1CCCC3CCCCC31)C2. The quantitative estimate of drug-likeness (QED) is 0.621. The number of piperazine rings is 1. The lowest BCUT2D eigenvalue weighted by atomic mass is 9.67. The molecule has 1 aromatic heterocycles. The van der Waals surface area contributed by atoms with Gasteiger partial charge in [0.05, 0.1) is 17.4 Å². The Bertz CT molecular complexity index is 973. The number of carbonyl (C=O) groups is 1. The van der Waals surface area contributed by atoms with Crippen molar-refractivity contribution in [2.24, 2.45) is 11.8 Å². The lowest BCUT2D eigenvalue weighted by molar-refractivity contribution is 0.0313. The van der Waals surface area contributed by atoms with E-state index in [1.165, 1.54) is 51.4 Å². The summed E-state index contributed by atoms with van der Waals surface area (Å²) in [5, 5.41) is 13.3. The van der Waals surface area contributed by atoms with E-state index in [9.17, 15) is 9.90 Å². The maximum absolute atomic E-state index is 12.1. The number of ether oxygens (including phenoxy) is 1. The fourth-order valence-electron chi connectivity index (χ4n) is 7.98. The molecule has 4 fully saturated rings. The van der Waals surface area contributed by atoms with Crippen LogP contribution in [0.4, 0.5) is 4.79 Å². The van der Waals surface area contributed by atoms with E-state index in [0.29, 0.717) is 44.3 Å². The average Bonchev–Trinajstić information content (AvgIpc) is 3.35. The molecule has 6 rings (SSSR count). The molecule has 1 amide bonds. The van der Waals surface area contributed by atoms with Gasteiger partial charge in [0, 0.05) is 50.4 Å². The van der Waals surface area contributed by atoms with Crippen LogP contribution in [-0.4, -0.2) is 94.3 Å². The summed E-state index contributed by atoms with van der Waals surface area (Å²) in [6.07, 6.45) is 11.9. The first-order chi connectivity index (χ1) is 18.1. The van der Waals surface area contributed by atoms with Gasteiger partial charge in [0.1, 0.15) is 6.61 Å². The van der Waals surface area contributed by atoms with Gasteiger partial charge in [-0.1, -0.05) is 32.1 Å².